The van der Waals surface area contributed by atoms with Crippen molar-refractivity contribution in [3.8, 4) is 0 Å². The van der Waals surface area contributed by atoms with Crippen molar-refractivity contribution in [2.45, 2.75) is 39.2 Å². The molecule has 3 rings (SSSR count). The van der Waals surface area contributed by atoms with E-state index < -0.39 is 0 Å². The zero-order chi connectivity index (χ0) is 16.4. The standard InChI is InChI=1S/C18H22ClN3O/c1-12-10-13(2)22(21-12)9-3-8-20-18(23)17-11-16(17)14-4-6-15(19)7-5-14/h4-7,10,16-17H,3,8-9,11H2,1-2H3,(H,20,23). The zero-order valence-electron chi connectivity index (χ0n) is 13.6. The van der Waals surface area contributed by atoms with Crippen molar-refractivity contribution in [3.63, 3.8) is 0 Å². The van der Waals surface area contributed by atoms with E-state index in [1.807, 2.05) is 35.9 Å². The smallest absolute Gasteiger partial charge is 0.223 e. The predicted molar refractivity (Wildman–Crippen MR) is 91.6 cm³/mol. The SMILES string of the molecule is Cc1cc(C)n(CCCNC(=O)C2CC2c2ccc(Cl)cc2)n1. The van der Waals surface area contributed by atoms with Gasteiger partial charge in [0, 0.05) is 29.7 Å². The minimum atomic E-state index is 0.116. The number of nitrogens with one attached hydrogen (secondary N) is 1. The molecule has 1 fully saturated rings. The Morgan fingerprint density at radius 2 is 2.09 bits per heavy atom. The average molecular weight is 332 g/mol. The Bertz CT molecular complexity index is 693. The molecule has 23 heavy (non-hydrogen) atoms. The molecule has 0 radical (unpaired) electrons. The number of carbonyl (C=O) groups excluding carboxylic acids is 1. The summed E-state index contributed by atoms with van der Waals surface area (Å²) in [7, 11) is 0. The molecule has 2 atom stereocenters. The van der Waals surface area contributed by atoms with Crippen LogP contribution in [0.2, 0.25) is 5.02 Å². The molecular formula is C18H22ClN3O. The number of aromatic nitrogens is 2. The molecule has 1 aromatic carbocycles. The first kappa shape index (κ1) is 16.1. The molecule has 1 heterocycles. The molecule has 5 heteroatoms. The largest absolute Gasteiger partial charge is 0.356 e. The van der Waals surface area contributed by atoms with Crippen molar-refractivity contribution in [2.24, 2.45) is 5.92 Å². The van der Waals surface area contributed by atoms with Crippen LogP contribution < -0.4 is 5.32 Å². The fraction of sp³-hybridized carbons (Fsp3) is 0.444. The van der Waals surface area contributed by atoms with Gasteiger partial charge in [-0.05, 0) is 56.4 Å². The van der Waals surface area contributed by atoms with Gasteiger partial charge < -0.3 is 5.32 Å². The highest BCUT2D eigenvalue weighted by atomic mass is 35.5. The highest BCUT2D eigenvalue weighted by Crippen LogP contribution is 2.47. The van der Waals surface area contributed by atoms with Crippen LogP contribution >= 0.6 is 11.6 Å². The van der Waals surface area contributed by atoms with E-state index in [0.29, 0.717) is 12.5 Å². The second kappa shape index (κ2) is 6.75. The molecule has 2 aromatic rings. The Morgan fingerprint density at radius 1 is 1.35 bits per heavy atom. The number of nitrogens with zero attached hydrogens (tertiary/aromatic N) is 2. The van der Waals surface area contributed by atoms with Crippen molar-refractivity contribution in [1.82, 2.24) is 15.1 Å². The van der Waals surface area contributed by atoms with E-state index >= 15 is 0 Å². The van der Waals surface area contributed by atoms with Crippen molar-refractivity contribution >= 4 is 17.5 Å². The van der Waals surface area contributed by atoms with Gasteiger partial charge in [-0.2, -0.15) is 5.10 Å². The summed E-state index contributed by atoms with van der Waals surface area (Å²) in [6.07, 6.45) is 1.83. The number of amides is 1. The molecule has 1 aromatic heterocycles. The molecule has 0 spiro atoms. The predicted octanol–water partition coefficient (Wildman–Crippen LogP) is 3.46. The third kappa shape index (κ3) is 3.94. The number of hydrogen-bond acceptors (Lipinski definition) is 2. The lowest BCUT2D eigenvalue weighted by Crippen LogP contribution is -2.27. The van der Waals surface area contributed by atoms with Gasteiger partial charge in [0.25, 0.3) is 0 Å². The van der Waals surface area contributed by atoms with Gasteiger partial charge >= 0.3 is 0 Å². The van der Waals surface area contributed by atoms with Crippen LogP contribution in [0.4, 0.5) is 0 Å². The average Bonchev–Trinajstić information content (AvgIpc) is 3.25. The molecule has 0 bridgehead atoms. The molecule has 122 valence electrons. The minimum Gasteiger partial charge on any atom is -0.356 e. The summed E-state index contributed by atoms with van der Waals surface area (Å²) >= 11 is 5.90. The second-order valence-electron chi connectivity index (χ2n) is 6.30. The van der Waals surface area contributed by atoms with Gasteiger partial charge in [-0.3, -0.25) is 9.48 Å². The summed E-state index contributed by atoms with van der Waals surface area (Å²) in [6, 6.07) is 9.88. The molecular weight excluding hydrogens is 310 g/mol. The van der Waals surface area contributed by atoms with Crippen molar-refractivity contribution in [2.75, 3.05) is 6.54 Å². The van der Waals surface area contributed by atoms with Crippen molar-refractivity contribution in [1.29, 1.82) is 0 Å². The molecule has 1 saturated carbocycles. The third-order valence-electron chi connectivity index (χ3n) is 4.37. The van der Waals surface area contributed by atoms with E-state index in [0.717, 1.165) is 30.1 Å². The topological polar surface area (TPSA) is 46.9 Å². The van der Waals surface area contributed by atoms with Gasteiger partial charge in [0.1, 0.15) is 0 Å². The number of rotatable bonds is 6. The van der Waals surface area contributed by atoms with Crippen LogP contribution in [0.5, 0.6) is 0 Å². The van der Waals surface area contributed by atoms with Crippen LogP contribution in [-0.4, -0.2) is 22.2 Å². The number of carbonyl (C=O) groups is 1. The van der Waals surface area contributed by atoms with Gasteiger partial charge in [-0.25, -0.2) is 0 Å². The first-order valence-electron chi connectivity index (χ1n) is 8.09. The maximum Gasteiger partial charge on any atom is 0.223 e. The molecule has 1 N–H and O–H groups in total. The Balaban J connectivity index is 1.41. The van der Waals surface area contributed by atoms with E-state index in [-0.39, 0.29) is 11.8 Å². The van der Waals surface area contributed by atoms with Crippen molar-refractivity contribution in [3.05, 3.63) is 52.3 Å². The number of aryl methyl sites for hydroxylation is 3. The lowest BCUT2D eigenvalue weighted by molar-refractivity contribution is -0.122. The summed E-state index contributed by atoms with van der Waals surface area (Å²) in [4.78, 5) is 12.2. The van der Waals surface area contributed by atoms with Gasteiger partial charge in [0.2, 0.25) is 5.91 Å². The Labute approximate surface area is 141 Å². The zero-order valence-corrected chi connectivity index (χ0v) is 14.3. The monoisotopic (exact) mass is 331 g/mol. The third-order valence-corrected chi connectivity index (χ3v) is 4.63. The summed E-state index contributed by atoms with van der Waals surface area (Å²) in [6.45, 7) is 5.58. The van der Waals surface area contributed by atoms with E-state index in [9.17, 15) is 4.79 Å². The number of hydrogen-bond donors (Lipinski definition) is 1. The lowest BCUT2D eigenvalue weighted by Gasteiger charge is -2.07. The van der Waals surface area contributed by atoms with E-state index in [4.69, 9.17) is 11.6 Å². The van der Waals surface area contributed by atoms with Crippen LogP contribution in [-0.2, 0) is 11.3 Å². The Hall–Kier alpha value is -1.81. The first-order valence-corrected chi connectivity index (χ1v) is 8.46. The summed E-state index contributed by atoms with van der Waals surface area (Å²) in [5.74, 6) is 0.631. The van der Waals surface area contributed by atoms with Gasteiger partial charge in [-0.1, -0.05) is 23.7 Å². The molecule has 2 unspecified atom stereocenters. The minimum absolute atomic E-state index is 0.116. The maximum atomic E-state index is 12.2. The van der Waals surface area contributed by atoms with Crippen LogP contribution in [0.25, 0.3) is 0 Å². The van der Waals surface area contributed by atoms with Crippen LogP contribution in [0.15, 0.2) is 30.3 Å². The summed E-state index contributed by atoms with van der Waals surface area (Å²) < 4.78 is 2.00. The molecule has 1 aliphatic rings. The lowest BCUT2D eigenvalue weighted by atomic mass is 10.1. The van der Waals surface area contributed by atoms with Gasteiger partial charge in [0.05, 0.1) is 5.69 Å². The number of benzene rings is 1. The molecule has 1 aliphatic carbocycles. The fourth-order valence-electron chi connectivity index (χ4n) is 3.04. The maximum absolute atomic E-state index is 12.2. The van der Waals surface area contributed by atoms with Gasteiger partial charge in [0.15, 0.2) is 0 Å². The van der Waals surface area contributed by atoms with Crippen molar-refractivity contribution < 1.29 is 4.79 Å². The highest BCUT2D eigenvalue weighted by molar-refractivity contribution is 6.30. The van der Waals surface area contributed by atoms with E-state index in [1.165, 1.54) is 11.3 Å². The molecule has 0 aliphatic heterocycles. The Kier molecular flexibility index (Phi) is 4.71. The van der Waals surface area contributed by atoms with Crippen LogP contribution in [0.1, 0.15) is 35.7 Å². The van der Waals surface area contributed by atoms with Crippen LogP contribution in [0, 0.1) is 19.8 Å². The van der Waals surface area contributed by atoms with E-state index in [2.05, 4.69) is 23.4 Å². The summed E-state index contributed by atoms with van der Waals surface area (Å²) in [5, 5.41) is 8.21. The van der Waals surface area contributed by atoms with E-state index in [1.54, 1.807) is 0 Å². The molecule has 1 amide bonds. The fourth-order valence-corrected chi connectivity index (χ4v) is 3.16. The first-order chi connectivity index (χ1) is 11.0. The molecule has 4 nitrogen and oxygen atoms in total. The molecule has 0 saturated heterocycles. The normalized spacial score (nSPS) is 19.6. The summed E-state index contributed by atoms with van der Waals surface area (Å²) in [5.41, 5.74) is 3.41. The highest BCUT2D eigenvalue weighted by Gasteiger charge is 2.43. The number of halogens is 1. The quantitative estimate of drug-likeness (QED) is 0.824. The van der Waals surface area contributed by atoms with Crippen LogP contribution in [0.3, 0.4) is 0 Å². The second-order valence-corrected chi connectivity index (χ2v) is 6.73. The van der Waals surface area contributed by atoms with Gasteiger partial charge in [-0.15, -0.1) is 0 Å². The Morgan fingerprint density at radius 3 is 2.74 bits per heavy atom.